The van der Waals surface area contributed by atoms with Gasteiger partial charge < -0.3 is 15.5 Å². The minimum atomic E-state index is -1.34. The monoisotopic (exact) mass is 231 g/mol. The van der Waals surface area contributed by atoms with Gasteiger partial charge in [0.25, 0.3) is 0 Å². The predicted molar refractivity (Wildman–Crippen MR) is 56.0 cm³/mol. The Morgan fingerprint density at radius 3 is 2.25 bits per heavy atom. The van der Waals surface area contributed by atoms with Crippen LogP contribution in [0.4, 0.5) is 0 Å². The molecule has 0 aliphatic rings. The highest BCUT2D eigenvalue weighted by molar-refractivity contribution is 5.86. The largest absolute Gasteiger partial charge is 0.481 e. The van der Waals surface area contributed by atoms with Gasteiger partial charge in [-0.25, -0.2) is 4.79 Å². The molecule has 16 heavy (non-hydrogen) atoms. The summed E-state index contributed by atoms with van der Waals surface area (Å²) in [6, 6.07) is -1.34. The van der Waals surface area contributed by atoms with Crippen molar-refractivity contribution in [2.24, 2.45) is 0 Å². The number of amides is 1. The summed E-state index contributed by atoms with van der Waals surface area (Å²) in [5, 5.41) is 19.3. The van der Waals surface area contributed by atoms with Crippen LogP contribution in [-0.2, 0) is 14.4 Å². The van der Waals surface area contributed by atoms with Crippen molar-refractivity contribution in [1.82, 2.24) is 5.32 Å². The van der Waals surface area contributed by atoms with E-state index in [0.29, 0.717) is 6.42 Å². The van der Waals surface area contributed by atoms with Gasteiger partial charge in [0.1, 0.15) is 6.04 Å². The van der Waals surface area contributed by atoms with E-state index in [2.05, 4.69) is 5.32 Å². The number of carboxylic acid groups (broad SMARTS) is 2. The van der Waals surface area contributed by atoms with Gasteiger partial charge in [-0.3, -0.25) is 9.59 Å². The zero-order valence-corrected chi connectivity index (χ0v) is 9.23. The number of hydrogen-bond donors (Lipinski definition) is 3. The average molecular weight is 231 g/mol. The van der Waals surface area contributed by atoms with Crippen LogP contribution in [-0.4, -0.2) is 34.1 Å². The second kappa shape index (κ2) is 7.67. The molecular formula is C10H17NO5. The highest BCUT2D eigenvalue weighted by Crippen LogP contribution is 2.00. The van der Waals surface area contributed by atoms with E-state index in [1.165, 1.54) is 0 Å². The quantitative estimate of drug-likeness (QED) is 0.531. The van der Waals surface area contributed by atoms with E-state index in [4.69, 9.17) is 10.2 Å². The van der Waals surface area contributed by atoms with Gasteiger partial charge in [0, 0.05) is 6.42 Å². The molecule has 92 valence electrons. The molecule has 1 atom stereocenters. The molecule has 0 heterocycles. The Morgan fingerprint density at radius 1 is 1.19 bits per heavy atom. The average Bonchev–Trinajstić information content (AvgIpc) is 2.16. The van der Waals surface area contributed by atoms with Crippen LogP contribution in [0, 0.1) is 0 Å². The van der Waals surface area contributed by atoms with E-state index in [0.717, 1.165) is 12.8 Å². The van der Waals surface area contributed by atoms with Crippen molar-refractivity contribution in [3.05, 3.63) is 0 Å². The second-order valence-electron chi connectivity index (χ2n) is 3.51. The molecule has 0 spiro atoms. The Labute approximate surface area is 93.6 Å². The lowest BCUT2D eigenvalue weighted by Crippen LogP contribution is -2.42. The first-order chi connectivity index (χ1) is 7.47. The number of aliphatic carboxylic acids is 2. The summed E-state index contributed by atoms with van der Waals surface area (Å²) in [5.74, 6) is -2.99. The zero-order chi connectivity index (χ0) is 12.6. The molecule has 0 aliphatic carbocycles. The van der Waals surface area contributed by atoms with Gasteiger partial charge in [-0.15, -0.1) is 0 Å². The lowest BCUT2D eigenvalue weighted by atomic mass is 10.1. The van der Waals surface area contributed by atoms with Gasteiger partial charge >= 0.3 is 11.9 Å². The minimum Gasteiger partial charge on any atom is -0.481 e. The molecule has 0 rings (SSSR count). The molecule has 0 bridgehead atoms. The molecule has 0 fully saturated rings. The van der Waals surface area contributed by atoms with Crippen LogP contribution in [0.5, 0.6) is 0 Å². The normalized spacial score (nSPS) is 11.8. The smallest absolute Gasteiger partial charge is 0.326 e. The van der Waals surface area contributed by atoms with Crippen molar-refractivity contribution in [1.29, 1.82) is 0 Å². The fourth-order valence-electron chi connectivity index (χ4n) is 1.18. The molecule has 0 saturated heterocycles. The Bertz CT molecular complexity index is 264. The number of rotatable bonds is 8. The summed E-state index contributed by atoms with van der Waals surface area (Å²) >= 11 is 0. The van der Waals surface area contributed by atoms with Crippen molar-refractivity contribution in [3.63, 3.8) is 0 Å². The van der Waals surface area contributed by atoms with E-state index in [1.807, 2.05) is 6.92 Å². The van der Waals surface area contributed by atoms with Crippen molar-refractivity contribution in [3.8, 4) is 0 Å². The van der Waals surface area contributed by atoms with E-state index in [-0.39, 0.29) is 6.42 Å². The molecule has 0 aromatic heterocycles. The van der Waals surface area contributed by atoms with Crippen LogP contribution >= 0.6 is 0 Å². The summed E-state index contributed by atoms with van der Waals surface area (Å²) in [7, 11) is 0. The maximum absolute atomic E-state index is 11.2. The molecule has 1 unspecified atom stereocenters. The first-order valence-electron chi connectivity index (χ1n) is 5.21. The summed E-state index contributed by atoms with van der Waals surface area (Å²) in [5.41, 5.74) is 0. The maximum atomic E-state index is 11.2. The number of carbonyl (C=O) groups excluding carboxylic acids is 1. The van der Waals surface area contributed by atoms with Crippen LogP contribution < -0.4 is 5.32 Å². The molecule has 0 aromatic carbocycles. The van der Waals surface area contributed by atoms with Crippen molar-refractivity contribution in [2.45, 2.75) is 45.1 Å². The Kier molecular flexibility index (Phi) is 6.91. The van der Waals surface area contributed by atoms with E-state index in [9.17, 15) is 14.4 Å². The highest BCUT2D eigenvalue weighted by atomic mass is 16.4. The Morgan fingerprint density at radius 2 is 1.81 bits per heavy atom. The number of nitrogens with one attached hydrogen (secondary N) is 1. The molecule has 3 N–H and O–H groups in total. The van der Waals surface area contributed by atoms with Crippen LogP contribution in [0.2, 0.25) is 0 Å². The molecule has 0 saturated carbocycles. The molecule has 6 nitrogen and oxygen atoms in total. The fourth-order valence-corrected chi connectivity index (χ4v) is 1.18. The second-order valence-corrected chi connectivity index (χ2v) is 3.51. The van der Waals surface area contributed by atoms with E-state index in [1.54, 1.807) is 0 Å². The van der Waals surface area contributed by atoms with Crippen LogP contribution in [0.25, 0.3) is 0 Å². The van der Waals surface area contributed by atoms with Crippen LogP contribution in [0.3, 0.4) is 0 Å². The first kappa shape index (κ1) is 14.4. The van der Waals surface area contributed by atoms with Crippen molar-refractivity contribution in [2.75, 3.05) is 0 Å². The highest BCUT2D eigenvalue weighted by Gasteiger charge is 2.22. The fraction of sp³-hybridized carbons (Fsp3) is 0.700. The number of hydrogen-bond acceptors (Lipinski definition) is 3. The van der Waals surface area contributed by atoms with Gasteiger partial charge in [0.05, 0.1) is 6.42 Å². The maximum Gasteiger partial charge on any atom is 0.326 e. The number of unbranched alkanes of at least 4 members (excludes halogenated alkanes) is 2. The van der Waals surface area contributed by atoms with Gasteiger partial charge in [-0.05, 0) is 6.42 Å². The number of carbonyl (C=O) groups is 3. The zero-order valence-electron chi connectivity index (χ0n) is 9.23. The van der Waals surface area contributed by atoms with E-state index >= 15 is 0 Å². The van der Waals surface area contributed by atoms with Crippen LogP contribution in [0.1, 0.15) is 39.0 Å². The van der Waals surface area contributed by atoms with Gasteiger partial charge in [0.2, 0.25) is 5.91 Å². The Hall–Kier alpha value is -1.59. The SMILES string of the molecule is CCCCCC(=O)NC(CC(=O)O)C(=O)O. The molecule has 1 amide bonds. The summed E-state index contributed by atoms with van der Waals surface area (Å²) in [4.78, 5) is 32.2. The molecule has 0 aromatic rings. The van der Waals surface area contributed by atoms with Gasteiger partial charge in [0.15, 0.2) is 0 Å². The minimum absolute atomic E-state index is 0.233. The van der Waals surface area contributed by atoms with Crippen molar-refractivity contribution < 1.29 is 24.6 Å². The third-order valence-electron chi connectivity index (χ3n) is 2.02. The summed E-state index contributed by atoms with van der Waals surface area (Å²) < 4.78 is 0. The lowest BCUT2D eigenvalue weighted by molar-refractivity contribution is -0.147. The van der Waals surface area contributed by atoms with E-state index < -0.39 is 30.3 Å². The Balaban J connectivity index is 4.03. The molecule has 0 radical (unpaired) electrons. The summed E-state index contributed by atoms with van der Waals surface area (Å²) in [6.07, 6.45) is 2.17. The summed E-state index contributed by atoms with van der Waals surface area (Å²) in [6.45, 7) is 1.99. The topological polar surface area (TPSA) is 104 Å². The van der Waals surface area contributed by atoms with Gasteiger partial charge in [-0.2, -0.15) is 0 Å². The third kappa shape index (κ3) is 6.80. The molecule has 0 aliphatic heterocycles. The third-order valence-corrected chi connectivity index (χ3v) is 2.02. The molecule has 6 heteroatoms. The predicted octanol–water partition coefficient (Wildman–Crippen LogP) is 0.611. The van der Waals surface area contributed by atoms with Crippen molar-refractivity contribution >= 4 is 17.8 Å². The van der Waals surface area contributed by atoms with Gasteiger partial charge in [-0.1, -0.05) is 19.8 Å². The number of carboxylic acids is 2. The standard InChI is InChI=1S/C10H17NO5/c1-2-3-4-5-8(12)11-7(10(15)16)6-9(13)14/h7H,2-6H2,1H3,(H,11,12)(H,13,14)(H,15,16). The first-order valence-corrected chi connectivity index (χ1v) is 5.21. The lowest BCUT2D eigenvalue weighted by Gasteiger charge is -2.11. The van der Waals surface area contributed by atoms with Crippen LogP contribution in [0.15, 0.2) is 0 Å². The molecular weight excluding hydrogens is 214 g/mol.